The van der Waals surface area contributed by atoms with Gasteiger partial charge < -0.3 is 15.2 Å². The molecule has 0 bridgehead atoms. The highest BCUT2D eigenvalue weighted by Crippen LogP contribution is 2.04. The predicted octanol–water partition coefficient (Wildman–Crippen LogP) is 1.40. The van der Waals surface area contributed by atoms with Crippen molar-refractivity contribution < 1.29 is 24.2 Å². The predicted molar refractivity (Wildman–Crippen MR) is 84.0 cm³/mol. The molecule has 0 fully saturated rings. The number of aliphatic carboxylic acids is 1. The Morgan fingerprint density at radius 1 is 1.12 bits per heavy atom. The first-order chi connectivity index (χ1) is 11.6. The van der Waals surface area contributed by atoms with Gasteiger partial charge in [0, 0.05) is 12.4 Å². The van der Waals surface area contributed by atoms with E-state index in [0.717, 1.165) is 5.56 Å². The first-order valence-electron chi connectivity index (χ1n) is 7.19. The number of hydrogen-bond donors (Lipinski definition) is 2. The maximum atomic E-state index is 12.0. The van der Waals surface area contributed by atoms with Crippen LogP contribution in [0.3, 0.4) is 0 Å². The summed E-state index contributed by atoms with van der Waals surface area (Å²) in [5.41, 5.74) is 0.999. The second-order valence-corrected chi connectivity index (χ2v) is 4.96. The van der Waals surface area contributed by atoms with Crippen molar-refractivity contribution in [3.63, 3.8) is 0 Å². The summed E-state index contributed by atoms with van der Waals surface area (Å²) in [4.78, 5) is 38.8. The van der Waals surface area contributed by atoms with Gasteiger partial charge in [-0.25, -0.2) is 4.79 Å². The summed E-state index contributed by atoms with van der Waals surface area (Å²) in [5, 5.41) is 11.4. The van der Waals surface area contributed by atoms with Crippen LogP contribution in [0.15, 0.2) is 54.9 Å². The van der Waals surface area contributed by atoms with Crippen molar-refractivity contribution in [3.05, 3.63) is 66.0 Å². The van der Waals surface area contributed by atoms with Gasteiger partial charge in [0.15, 0.2) is 0 Å². The maximum Gasteiger partial charge on any atom is 0.326 e. The number of amides is 1. The van der Waals surface area contributed by atoms with E-state index < -0.39 is 30.3 Å². The highest BCUT2D eigenvalue weighted by atomic mass is 16.5. The summed E-state index contributed by atoms with van der Waals surface area (Å²) >= 11 is 0. The molecule has 0 unspecified atom stereocenters. The third-order valence-corrected chi connectivity index (χ3v) is 3.14. The third-order valence-electron chi connectivity index (χ3n) is 3.14. The van der Waals surface area contributed by atoms with E-state index in [4.69, 9.17) is 9.84 Å². The average molecular weight is 328 g/mol. The van der Waals surface area contributed by atoms with Crippen molar-refractivity contribution in [3.8, 4) is 0 Å². The number of carbonyl (C=O) groups excluding carboxylic acids is 2. The summed E-state index contributed by atoms with van der Waals surface area (Å²) in [6.45, 7) is 0.0442. The molecule has 2 rings (SSSR count). The van der Waals surface area contributed by atoms with E-state index in [-0.39, 0.29) is 12.2 Å². The molecule has 2 N–H and O–H groups in total. The molecule has 1 amide bonds. The van der Waals surface area contributed by atoms with Crippen LogP contribution in [0.4, 0.5) is 0 Å². The Morgan fingerprint density at radius 2 is 1.88 bits per heavy atom. The van der Waals surface area contributed by atoms with E-state index >= 15 is 0 Å². The smallest absolute Gasteiger partial charge is 0.326 e. The van der Waals surface area contributed by atoms with E-state index in [9.17, 15) is 14.4 Å². The molecule has 0 saturated carbocycles. The normalized spacial score (nSPS) is 11.3. The topological polar surface area (TPSA) is 106 Å². The van der Waals surface area contributed by atoms with Gasteiger partial charge in [-0.3, -0.25) is 14.6 Å². The fourth-order valence-electron chi connectivity index (χ4n) is 1.90. The van der Waals surface area contributed by atoms with Crippen LogP contribution in [0.1, 0.15) is 22.3 Å². The van der Waals surface area contributed by atoms with Crippen molar-refractivity contribution >= 4 is 17.8 Å². The third kappa shape index (κ3) is 5.20. The molecule has 0 aliphatic heterocycles. The number of hydrogen-bond acceptors (Lipinski definition) is 5. The van der Waals surface area contributed by atoms with E-state index in [0.29, 0.717) is 0 Å². The number of carbonyl (C=O) groups is 3. The zero-order valence-electron chi connectivity index (χ0n) is 12.7. The summed E-state index contributed by atoms with van der Waals surface area (Å²) in [6, 6.07) is 10.7. The lowest BCUT2D eigenvalue weighted by Crippen LogP contribution is -2.42. The van der Waals surface area contributed by atoms with Crippen molar-refractivity contribution in [2.24, 2.45) is 0 Å². The first-order valence-corrected chi connectivity index (χ1v) is 7.19. The maximum absolute atomic E-state index is 12.0. The molecule has 24 heavy (non-hydrogen) atoms. The number of carboxylic acid groups (broad SMARTS) is 1. The van der Waals surface area contributed by atoms with E-state index in [1.165, 1.54) is 18.5 Å². The molecule has 0 radical (unpaired) electrons. The van der Waals surface area contributed by atoms with Crippen molar-refractivity contribution in [2.45, 2.75) is 19.1 Å². The molecule has 2 aromatic rings. The molecule has 1 aromatic carbocycles. The second-order valence-electron chi connectivity index (χ2n) is 4.96. The van der Waals surface area contributed by atoms with Gasteiger partial charge >= 0.3 is 11.9 Å². The number of aromatic nitrogens is 1. The summed E-state index contributed by atoms with van der Waals surface area (Å²) in [5.74, 6) is -2.65. The van der Waals surface area contributed by atoms with Crippen molar-refractivity contribution in [1.29, 1.82) is 0 Å². The van der Waals surface area contributed by atoms with Crippen molar-refractivity contribution in [2.75, 3.05) is 0 Å². The molecular weight excluding hydrogens is 312 g/mol. The lowest BCUT2D eigenvalue weighted by Gasteiger charge is -2.14. The highest BCUT2D eigenvalue weighted by Gasteiger charge is 2.24. The van der Waals surface area contributed by atoms with Gasteiger partial charge in [0.2, 0.25) is 0 Å². The Morgan fingerprint density at radius 3 is 2.50 bits per heavy atom. The zero-order chi connectivity index (χ0) is 17.4. The Labute approximate surface area is 138 Å². The van der Waals surface area contributed by atoms with Gasteiger partial charge in [-0.2, -0.15) is 0 Å². The minimum absolute atomic E-state index is 0.0442. The number of benzene rings is 1. The zero-order valence-corrected chi connectivity index (χ0v) is 12.7. The monoisotopic (exact) mass is 328 g/mol. The van der Waals surface area contributed by atoms with Crippen LogP contribution >= 0.6 is 0 Å². The average Bonchev–Trinajstić information content (AvgIpc) is 2.61. The fraction of sp³-hybridized carbons (Fsp3) is 0.176. The van der Waals surface area contributed by atoms with Crippen LogP contribution in [-0.2, 0) is 20.9 Å². The van der Waals surface area contributed by atoms with Gasteiger partial charge in [0.05, 0.1) is 12.0 Å². The molecular formula is C17H16N2O5. The van der Waals surface area contributed by atoms with Crippen molar-refractivity contribution in [1.82, 2.24) is 10.3 Å². The van der Waals surface area contributed by atoms with E-state index in [1.54, 1.807) is 30.3 Å². The summed E-state index contributed by atoms with van der Waals surface area (Å²) in [6.07, 6.45) is 2.34. The standard InChI is InChI=1S/C17H16N2O5/c20-15(24-11-12-5-2-1-3-6-12)9-14(17(22)23)19-16(21)13-7-4-8-18-10-13/h1-8,10,14H,9,11H2,(H,19,21)(H,22,23)/t14-/m0/s1. The highest BCUT2D eigenvalue weighted by molar-refractivity contribution is 5.97. The number of carboxylic acids is 1. The second kappa shape index (κ2) is 8.42. The number of nitrogens with one attached hydrogen (secondary N) is 1. The fourth-order valence-corrected chi connectivity index (χ4v) is 1.90. The van der Waals surface area contributed by atoms with Crippen LogP contribution < -0.4 is 5.32 Å². The Bertz CT molecular complexity index is 703. The molecule has 1 aromatic heterocycles. The molecule has 1 atom stereocenters. The van der Waals surface area contributed by atoms with Crippen LogP contribution in [0.25, 0.3) is 0 Å². The largest absolute Gasteiger partial charge is 0.480 e. The number of rotatable bonds is 7. The Hall–Kier alpha value is -3.22. The Balaban J connectivity index is 1.89. The lowest BCUT2D eigenvalue weighted by atomic mass is 10.2. The van der Waals surface area contributed by atoms with Gasteiger partial charge in [-0.05, 0) is 17.7 Å². The summed E-state index contributed by atoms with van der Waals surface area (Å²) in [7, 11) is 0. The number of nitrogens with zero attached hydrogens (tertiary/aromatic N) is 1. The van der Waals surface area contributed by atoms with Gasteiger partial charge in [0.1, 0.15) is 12.6 Å². The molecule has 0 aliphatic carbocycles. The summed E-state index contributed by atoms with van der Waals surface area (Å²) < 4.78 is 5.03. The van der Waals surface area contributed by atoms with Crippen LogP contribution in [0, 0.1) is 0 Å². The molecule has 7 heteroatoms. The number of pyridine rings is 1. The molecule has 0 spiro atoms. The number of ether oxygens (including phenoxy) is 1. The van der Waals surface area contributed by atoms with Gasteiger partial charge in [-0.15, -0.1) is 0 Å². The van der Waals surface area contributed by atoms with Crippen LogP contribution in [-0.4, -0.2) is 34.0 Å². The quantitative estimate of drug-likeness (QED) is 0.744. The minimum atomic E-state index is -1.37. The van der Waals surface area contributed by atoms with Gasteiger partial charge in [0.25, 0.3) is 5.91 Å². The van der Waals surface area contributed by atoms with Crippen LogP contribution in [0.2, 0.25) is 0 Å². The first kappa shape index (κ1) is 17.1. The van der Waals surface area contributed by atoms with E-state index in [2.05, 4.69) is 10.3 Å². The number of esters is 1. The molecule has 1 heterocycles. The van der Waals surface area contributed by atoms with Crippen LogP contribution in [0.5, 0.6) is 0 Å². The molecule has 0 aliphatic rings. The molecule has 7 nitrogen and oxygen atoms in total. The lowest BCUT2D eigenvalue weighted by molar-refractivity contribution is -0.150. The molecule has 0 saturated heterocycles. The van der Waals surface area contributed by atoms with E-state index in [1.807, 2.05) is 6.07 Å². The molecule has 124 valence electrons. The Kier molecular flexibility index (Phi) is 6.01. The van der Waals surface area contributed by atoms with Gasteiger partial charge in [-0.1, -0.05) is 30.3 Å². The SMILES string of the molecule is O=C(C[C@H](NC(=O)c1cccnc1)C(=O)O)OCc1ccccc1. The minimum Gasteiger partial charge on any atom is -0.480 e.